The number of hydrogen-bond acceptors (Lipinski definition) is 6. The van der Waals surface area contributed by atoms with Crippen LogP contribution < -0.4 is 10.1 Å². The maximum absolute atomic E-state index is 12.2. The highest BCUT2D eigenvalue weighted by molar-refractivity contribution is 5.94. The monoisotopic (exact) mass is 305 g/mol. The second kappa shape index (κ2) is 7.51. The molecule has 0 spiro atoms. The maximum atomic E-state index is 12.2. The molecule has 0 saturated carbocycles. The van der Waals surface area contributed by atoms with Gasteiger partial charge in [0.25, 0.3) is 5.91 Å². The Morgan fingerprint density at radius 1 is 1.41 bits per heavy atom. The molecule has 2 aromatic rings. The Hall–Kier alpha value is -2.48. The van der Waals surface area contributed by atoms with E-state index in [-0.39, 0.29) is 11.9 Å². The Morgan fingerprint density at radius 3 is 2.86 bits per heavy atom. The predicted molar refractivity (Wildman–Crippen MR) is 78.6 cm³/mol. The molecule has 0 saturated heterocycles. The average molecular weight is 305 g/mol. The van der Waals surface area contributed by atoms with Crippen LogP contribution in [0.2, 0.25) is 0 Å². The Bertz CT molecular complexity index is 611. The molecule has 22 heavy (non-hydrogen) atoms. The third kappa shape index (κ3) is 3.79. The molecule has 0 fully saturated rings. The van der Waals surface area contributed by atoms with Gasteiger partial charge in [0.2, 0.25) is 5.88 Å². The van der Waals surface area contributed by atoms with E-state index in [0.717, 1.165) is 0 Å². The van der Waals surface area contributed by atoms with Crippen molar-refractivity contribution >= 4 is 5.91 Å². The number of methoxy groups -OCH3 is 2. The van der Waals surface area contributed by atoms with Crippen molar-refractivity contribution in [2.24, 2.45) is 0 Å². The number of nitrogens with one attached hydrogen (secondary N) is 1. The van der Waals surface area contributed by atoms with E-state index in [1.165, 1.54) is 13.3 Å². The summed E-state index contributed by atoms with van der Waals surface area (Å²) >= 11 is 0. The first-order chi connectivity index (χ1) is 10.7. The van der Waals surface area contributed by atoms with Crippen LogP contribution in [0, 0.1) is 0 Å². The topological polar surface area (TPSA) is 91.2 Å². The molecule has 2 aromatic heterocycles. The minimum atomic E-state index is -0.283. The summed E-state index contributed by atoms with van der Waals surface area (Å²) in [6, 6.07) is 3.01. The summed E-state index contributed by atoms with van der Waals surface area (Å²) in [5.74, 6) is 0.903. The minimum absolute atomic E-state index is 0.232. The summed E-state index contributed by atoms with van der Waals surface area (Å²) in [5.41, 5.74) is 0.454. The van der Waals surface area contributed by atoms with E-state index in [1.54, 1.807) is 25.6 Å². The molecule has 0 aliphatic heterocycles. The first-order valence-electron chi connectivity index (χ1n) is 6.83. The van der Waals surface area contributed by atoms with Crippen molar-refractivity contribution in [2.45, 2.75) is 19.5 Å². The summed E-state index contributed by atoms with van der Waals surface area (Å²) in [7, 11) is 3.16. The van der Waals surface area contributed by atoms with Gasteiger partial charge < -0.3 is 19.4 Å². The van der Waals surface area contributed by atoms with Gasteiger partial charge in [-0.25, -0.2) is 4.98 Å². The number of amides is 1. The third-order valence-electron chi connectivity index (χ3n) is 3.12. The number of nitrogens with zero attached hydrogens (tertiary/aromatic N) is 4. The summed E-state index contributed by atoms with van der Waals surface area (Å²) in [6.07, 6.45) is 3.09. The number of ether oxygens (including phenoxy) is 2. The van der Waals surface area contributed by atoms with Gasteiger partial charge in [-0.15, -0.1) is 10.2 Å². The minimum Gasteiger partial charge on any atom is -0.481 e. The van der Waals surface area contributed by atoms with Crippen LogP contribution in [0.25, 0.3) is 0 Å². The molecule has 0 aliphatic carbocycles. The van der Waals surface area contributed by atoms with Gasteiger partial charge in [-0.05, 0) is 13.0 Å². The fourth-order valence-electron chi connectivity index (χ4n) is 1.94. The Balaban J connectivity index is 2.02. The summed E-state index contributed by atoms with van der Waals surface area (Å²) in [5, 5.41) is 10.8. The molecule has 0 unspecified atom stereocenters. The largest absolute Gasteiger partial charge is 0.481 e. The zero-order valence-electron chi connectivity index (χ0n) is 12.8. The molecule has 8 nitrogen and oxygen atoms in total. The SMILES string of the molecule is COCCn1cnnc1[C@@H](C)NC(=O)c1ccc(OC)nc1. The summed E-state index contributed by atoms with van der Waals surface area (Å²) < 4.78 is 11.9. The number of aromatic nitrogens is 4. The van der Waals surface area contributed by atoms with Crippen LogP contribution in [0.4, 0.5) is 0 Å². The van der Waals surface area contributed by atoms with Crippen LogP contribution in [-0.4, -0.2) is 46.5 Å². The lowest BCUT2D eigenvalue weighted by molar-refractivity contribution is 0.0936. The smallest absolute Gasteiger partial charge is 0.253 e. The lowest BCUT2D eigenvalue weighted by Crippen LogP contribution is -2.29. The second-order valence-corrected chi connectivity index (χ2v) is 4.66. The number of carbonyl (C=O) groups excluding carboxylic acids is 1. The molecule has 2 rings (SSSR count). The molecular weight excluding hydrogens is 286 g/mol. The van der Waals surface area contributed by atoms with Crippen LogP contribution in [0.15, 0.2) is 24.7 Å². The molecule has 1 amide bonds. The fraction of sp³-hybridized carbons (Fsp3) is 0.429. The van der Waals surface area contributed by atoms with Crippen molar-refractivity contribution in [1.82, 2.24) is 25.1 Å². The number of hydrogen-bond donors (Lipinski definition) is 1. The van der Waals surface area contributed by atoms with Crippen LogP contribution in [0.5, 0.6) is 5.88 Å². The summed E-state index contributed by atoms with van der Waals surface area (Å²) in [6.45, 7) is 3.03. The molecule has 8 heteroatoms. The molecule has 2 heterocycles. The molecule has 0 bridgehead atoms. The summed E-state index contributed by atoms with van der Waals surface area (Å²) in [4.78, 5) is 16.2. The zero-order valence-corrected chi connectivity index (χ0v) is 12.8. The average Bonchev–Trinajstić information content (AvgIpc) is 3.01. The van der Waals surface area contributed by atoms with Crippen molar-refractivity contribution in [3.05, 3.63) is 36.0 Å². The Morgan fingerprint density at radius 2 is 2.23 bits per heavy atom. The highest BCUT2D eigenvalue weighted by atomic mass is 16.5. The quantitative estimate of drug-likeness (QED) is 0.814. The van der Waals surface area contributed by atoms with Gasteiger partial charge in [-0.3, -0.25) is 4.79 Å². The van der Waals surface area contributed by atoms with E-state index >= 15 is 0 Å². The highest BCUT2D eigenvalue weighted by Gasteiger charge is 2.16. The first-order valence-corrected chi connectivity index (χ1v) is 6.83. The molecule has 0 aromatic carbocycles. The standard InChI is InChI=1S/C14H19N5O3/c1-10(13-18-16-9-19(13)6-7-21-2)17-14(20)11-4-5-12(22-3)15-8-11/h4-5,8-10H,6-7H2,1-3H3,(H,17,20)/t10-/m1/s1. The van der Waals surface area contributed by atoms with Crippen molar-refractivity contribution in [1.29, 1.82) is 0 Å². The molecular formula is C14H19N5O3. The third-order valence-corrected chi connectivity index (χ3v) is 3.12. The Labute approximate surface area is 128 Å². The molecule has 118 valence electrons. The molecule has 1 N–H and O–H groups in total. The van der Waals surface area contributed by atoms with E-state index in [9.17, 15) is 4.79 Å². The zero-order chi connectivity index (χ0) is 15.9. The maximum Gasteiger partial charge on any atom is 0.253 e. The lowest BCUT2D eigenvalue weighted by Gasteiger charge is -2.14. The fourth-order valence-corrected chi connectivity index (χ4v) is 1.94. The van der Waals surface area contributed by atoms with Crippen molar-refractivity contribution < 1.29 is 14.3 Å². The molecule has 0 radical (unpaired) electrons. The first kappa shape index (κ1) is 15.9. The number of pyridine rings is 1. The van der Waals surface area contributed by atoms with Crippen molar-refractivity contribution in [3.63, 3.8) is 0 Å². The van der Waals surface area contributed by atoms with Crippen LogP contribution in [0.3, 0.4) is 0 Å². The highest BCUT2D eigenvalue weighted by Crippen LogP contribution is 2.11. The van der Waals surface area contributed by atoms with E-state index in [1.807, 2.05) is 11.5 Å². The second-order valence-electron chi connectivity index (χ2n) is 4.66. The van der Waals surface area contributed by atoms with Gasteiger partial charge in [-0.1, -0.05) is 0 Å². The van der Waals surface area contributed by atoms with E-state index in [0.29, 0.717) is 30.4 Å². The van der Waals surface area contributed by atoms with Gasteiger partial charge >= 0.3 is 0 Å². The van der Waals surface area contributed by atoms with Crippen LogP contribution >= 0.6 is 0 Å². The predicted octanol–water partition coefficient (Wildman–Crippen LogP) is 0.819. The lowest BCUT2D eigenvalue weighted by atomic mass is 10.2. The molecule has 1 atom stereocenters. The Kier molecular flexibility index (Phi) is 5.42. The number of carbonyl (C=O) groups is 1. The van der Waals surface area contributed by atoms with Gasteiger partial charge in [-0.2, -0.15) is 0 Å². The molecule has 0 aliphatic rings. The van der Waals surface area contributed by atoms with E-state index in [2.05, 4.69) is 20.5 Å². The van der Waals surface area contributed by atoms with Gasteiger partial charge in [0.15, 0.2) is 5.82 Å². The normalized spacial score (nSPS) is 12.0. The van der Waals surface area contributed by atoms with Crippen molar-refractivity contribution in [3.8, 4) is 5.88 Å². The van der Waals surface area contributed by atoms with E-state index < -0.39 is 0 Å². The van der Waals surface area contributed by atoms with Crippen LogP contribution in [0.1, 0.15) is 29.1 Å². The van der Waals surface area contributed by atoms with Crippen molar-refractivity contribution in [2.75, 3.05) is 20.8 Å². The van der Waals surface area contributed by atoms with Crippen LogP contribution in [-0.2, 0) is 11.3 Å². The van der Waals surface area contributed by atoms with E-state index in [4.69, 9.17) is 9.47 Å². The van der Waals surface area contributed by atoms with Gasteiger partial charge in [0.1, 0.15) is 6.33 Å². The van der Waals surface area contributed by atoms with Gasteiger partial charge in [0.05, 0.1) is 25.3 Å². The van der Waals surface area contributed by atoms with Gasteiger partial charge in [0, 0.05) is 25.9 Å². The number of rotatable bonds is 7.